The second-order valence-corrected chi connectivity index (χ2v) is 11.5. The molecule has 2 aliphatic heterocycles. The standard InChI is InChI=1S/C31H40N4O3/c1-22-15-23(2)19-33(18-22)14-8-13-32-30(37)31(3)21-34-27-17-26(38-4)12-11-25(27)16-28(34)29(36)35(31)20-24-9-6-5-7-10-24/h5-7,9-12,16-17,22-23H,8,13-15,18-21H2,1-4H3,(H,32,37)/t22-,23+,31-/m0/s1. The number of nitrogens with one attached hydrogen (secondary N) is 1. The average Bonchev–Trinajstić information content (AvgIpc) is 3.26. The molecule has 1 fully saturated rings. The van der Waals surface area contributed by atoms with Gasteiger partial charge in [0.15, 0.2) is 0 Å². The van der Waals surface area contributed by atoms with E-state index >= 15 is 0 Å². The summed E-state index contributed by atoms with van der Waals surface area (Å²) in [4.78, 5) is 32.1. The molecule has 0 aliphatic carbocycles. The van der Waals surface area contributed by atoms with Crippen molar-refractivity contribution in [2.45, 2.75) is 52.2 Å². The van der Waals surface area contributed by atoms with Crippen LogP contribution in [0.1, 0.15) is 49.7 Å². The summed E-state index contributed by atoms with van der Waals surface area (Å²) in [6.07, 6.45) is 2.18. The summed E-state index contributed by atoms with van der Waals surface area (Å²) in [5.74, 6) is 1.92. The molecule has 0 bridgehead atoms. The topological polar surface area (TPSA) is 66.8 Å². The van der Waals surface area contributed by atoms with Crippen LogP contribution in [0.5, 0.6) is 5.75 Å². The van der Waals surface area contributed by atoms with E-state index in [1.807, 2.05) is 66.1 Å². The van der Waals surface area contributed by atoms with Crippen molar-refractivity contribution in [1.82, 2.24) is 19.7 Å². The van der Waals surface area contributed by atoms with Gasteiger partial charge in [0.1, 0.15) is 17.0 Å². The zero-order valence-electron chi connectivity index (χ0n) is 23.1. The Morgan fingerprint density at radius 3 is 2.53 bits per heavy atom. The maximum absolute atomic E-state index is 14.0. The van der Waals surface area contributed by atoms with E-state index in [9.17, 15) is 9.59 Å². The third kappa shape index (κ3) is 5.17. The molecule has 0 spiro atoms. The summed E-state index contributed by atoms with van der Waals surface area (Å²) in [6.45, 7) is 11.1. The lowest BCUT2D eigenvalue weighted by Gasteiger charge is -2.44. The lowest BCUT2D eigenvalue weighted by molar-refractivity contribution is -0.133. The van der Waals surface area contributed by atoms with Gasteiger partial charge in [0.2, 0.25) is 5.91 Å². The molecule has 38 heavy (non-hydrogen) atoms. The van der Waals surface area contributed by atoms with E-state index in [1.165, 1.54) is 6.42 Å². The van der Waals surface area contributed by atoms with Crippen LogP contribution in [0.4, 0.5) is 0 Å². The molecule has 5 rings (SSSR count). The quantitative estimate of drug-likeness (QED) is 0.446. The Morgan fingerprint density at radius 2 is 1.82 bits per heavy atom. The molecule has 0 unspecified atom stereocenters. The number of methoxy groups -OCH3 is 1. The number of fused-ring (bicyclic) bond motifs is 3. The number of amides is 2. The SMILES string of the molecule is COc1ccc2cc3n(c2c1)C[C@@](C)(C(=O)NCCCN1C[C@H](C)C[C@H](C)C1)N(Cc1ccccc1)C3=O. The van der Waals surface area contributed by atoms with Crippen LogP contribution in [0.15, 0.2) is 54.6 Å². The number of hydrogen-bond acceptors (Lipinski definition) is 4. The first-order chi connectivity index (χ1) is 18.3. The molecule has 7 heteroatoms. The van der Waals surface area contributed by atoms with E-state index in [0.717, 1.165) is 60.1 Å². The normalized spacial score (nSPS) is 23.9. The second kappa shape index (κ2) is 10.8. The average molecular weight is 517 g/mol. The van der Waals surface area contributed by atoms with Crippen molar-refractivity contribution in [1.29, 1.82) is 0 Å². The van der Waals surface area contributed by atoms with Gasteiger partial charge < -0.3 is 24.4 Å². The summed E-state index contributed by atoms with van der Waals surface area (Å²) in [6, 6.07) is 17.6. The number of hydrogen-bond donors (Lipinski definition) is 1. The molecule has 7 nitrogen and oxygen atoms in total. The minimum atomic E-state index is -1.04. The van der Waals surface area contributed by atoms with Crippen molar-refractivity contribution < 1.29 is 14.3 Å². The van der Waals surface area contributed by atoms with Gasteiger partial charge in [0.05, 0.1) is 19.2 Å². The third-order valence-corrected chi connectivity index (χ3v) is 8.19. The van der Waals surface area contributed by atoms with Gasteiger partial charge in [-0.1, -0.05) is 44.2 Å². The Labute approximate surface area is 225 Å². The molecule has 3 aromatic rings. The smallest absolute Gasteiger partial charge is 0.271 e. The van der Waals surface area contributed by atoms with E-state index in [1.54, 1.807) is 12.0 Å². The maximum atomic E-state index is 14.0. The fourth-order valence-corrected chi connectivity index (χ4v) is 6.34. The van der Waals surface area contributed by atoms with Crippen molar-refractivity contribution in [2.75, 3.05) is 33.3 Å². The van der Waals surface area contributed by atoms with Crippen LogP contribution in [-0.2, 0) is 17.9 Å². The number of aromatic nitrogens is 1. The number of carbonyl (C=O) groups is 2. The fraction of sp³-hybridized carbons (Fsp3) is 0.484. The molecule has 2 aliphatic rings. The predicted molar refractivity (Wildman–Crippen MR) is 150 cm³/mol. The van der Waals surface area contributed by atoms with Gasteiger partial charge in [-0.3, -0.25) is 9.59 Å². The molecule has 3 atom stereocenters. The number of nitrogens with zero attached hydrogens (tertiary/aromatic N) is 3. The molecule has 1 saturated heterocycles. The Bertz CT molecular complexity index is 1290. The highest BCUT2D eigenvalue weighted by atomic mass is 16.5. The van der Waals surface area contributed by atoms with E-state index in [-0.39, 0.29) is 11.8 Å². The predicted octanol–water partition coefficient (Wildman–Crippen LogP) is 4.55. The van der Waals surface area contributed by atoms with Crippen LogP contribution in [0.2, 0.25) is 0 Å². The van der Waals surface area contributed by atoms with Crippen LogP contribution < -0.4 is 10.1 Å². The van der Waals surface area contributed by atoms with Crippen molar-refractivity contribution in [3.63, 3.8) is 0 Å². The van der Waals surface area contributed by atoms with Gasteiger partial charge in [-0.15, -0.1) is 0 Å². The van der Waals surface area contributed by atoms with E-state index in [0.29, 0.717) is 25.3 Å². The van der Waals surface area contributed by atoms with E-state index in [2.05, 4.69) is 24.1 Å². The molecule has 0 radical (unpaired) electrons. The van der Waals surface area contributed by atoms with Crippen molar-refractivity contribution in [3.8, 4) is 5.75 Å². The number of benzene rings is 2. The van der Waals surface area contributed by atoms with Gasteiger partial charge in [-0.2, -0.15) is 0 Å². The lowest BCUT2D eigenvalue weighted by Crippen LogP contribution is -2.63. The Hall–Kier alpha value is -3.32. The first kappa shape index (κ1) is 26.3. The number of rotatable bonds is 8. The number of piperidine rings is 1. The highest BCUT2D eigenvalue weighted by Crippen LogP contribution is 2.34. The van der Waals surface area contributed by atoms with Gasteiger partial charge in [0.25, 0.3) is 5.91 Å². The van der Waals surface area contributed by atoms with Crippen LogP contribution >= 0.6 is 0 Å². The maximum Gasteiger partial charge on any atom is 0.271 e. The van der Waals surface area contributed by atoms with E-state index < -0.39 is 5.54 Å². The summed E-state index contributed by atoms with van der Waals surface area (Å²) in [7, 11) is 1.64. The summed E-state index contributed by atoms with van der Waals surface area (Å²) < 4.78 is 7.43. The molecule has 3 heterocycles. The summed E-state index contributed by atoms with van der Waals surface area (Å²) >= 11 is 0. The molecule has 202 valence electrons. The third-order valence-electron chi connectivity index (χ3n) is 8.19. The Kier molecular flexibility index (Phi) is 7.48. The first-order valence-corrected chi connectivity index (χ1v) is 13.8. The lowest BCUT2D eigenvalue weighted by atomic mass is 9.92. The minimum Gasteiger partial charge on any atom is -0.497 e. The van der Waals surface area contributed by atoms with Crippen LogP contribution in [0.3, 0.4) is 0 Å². The fourth-order valence-electron chi connectivity index (χ4n) is 6.34. The highest BCUT2D eigenvalue weighted by molar-refractivity contribution is 6.03. The van der Waals surface area contributed by atoms with Crippen molar-refractivity contribution in [2.24, 2.45) is 11.8 Å². The first-order valence-electron chi connectivity index (χ1n) is 13.8. The second-order valence-electron chi connectivity index (χ2n) is 11.5. The van der Waals surface area contributed by atoms with Crippen molar-refractivity contribution >= 4 is 22.7 Å². The van der Waals surface area contributed by atoms with Crippen molar-refractivity contribution in [3.05, 3.63) is 65.9 Å². The summed E-state index contributed by atoms with van der Waals surface area (Å²) in [5.41, 5.74) is 1.46. The van der Waals surface area contributed by atoms with Gasteiger partial charge >= 0.3 is 0 Å². The number of ether oxygens (including phenoxy) is 1. The molecular weight excluding hydrogens is 476 g/mol. The summed E-state index contributed by atoms with van der Waals surface area (Å²) in [5, 5.41) is 4.15. The highest BCUT2D eigenvalue weighted by Gasteiger charge is 2.47. The van der Waals surface area contributed by atoms with Crippen LogP contribution in [-0.4, -0.2) is 65.0 Å². The molecule has 0 saturated carbocycles. The van der Waals surface area contributed by atoms with Crippen LogP contribution in [0.25, 0.3) is 10.9 Å². The van der Waals surface area contributed by atoms with Gasteiger partial charge in [-0.05, 0) is 61.9 Å². The largest absolute Gasteiger partial charge is 0.497 e. The van der Waals surface area contributed by atoms with Crippen LogP contribution in [0, 0.1) is 11.8 Å². The molecule has 2 aromatic carbocycles. The monoisotopic (exact) mass is 516 g/mol. The molecule has 1 aromatic heterocycles. The van der Waals surface area contributed by atoms with Gasteiger partial charge in [-0.25, -0.2) is 0 Å². The number of carbonyl (C=O) groups excluding carboxylic acids is 2. The Morgan fingerprint density at radius 1 is 1.08 bits per heavy atom. The number of likely N-dealkylation sites (tertiary alicyclic amines) is 1. The molecular formula is C31H40N4O3. The Balaban J connectivity index is 1.37. The van der Waals surface area contributed by atoms with E-state index in [4.69, 9.17) is 4.74 Å². The zero-order chi connectivity index (χ0) is 26.9. The van der Waals surface area contributed by atoms with Gasteiger partial charge in [0, 0.05) is 37.6 Å². The molecule has 1 N–H and O–H groups in total. The zero-order valence-corrected chi connectivity index (χ0v) is 23.1. The minimum absolute atomic E-state index is 0.113. The molecule has 2 amide bonds.